The van der Waals surface area contributed by atoms with Crippen LogP contribution in [0.25, 0.3) is 0 Å². The van der Waals surface area contributed by atoms with Crippen LogP contribution >= 0.6 is 11.3 Å². The van der Waals surface area contributed by atoms with E-state index in [9.17, 15) is 4.79 Å². The Kier molecular flexibility index (Phi) is 1.87. The van der Waals surface area contributed by atoms with Crippen LogP contribution in [0.5, 0.6) is 0 Å². The van der Waals surface area contributed by atoms with Crippen LogP contribution < -0.4 is 10.6 Å². The predicted molar refractivity (Wildman–Crippen MR) is 44.9 cm³/mol. The van der Waals surface area contributed by atoms with E-state index in [1.54, 1.807) is 6.20 Å². The van der Waals surface area contributed by atoms with Crippen molar-refractivity contribution in [3.63, 3.8) is 0 Å². The summed E-state index contributed by atoms with van der Waals surface area (Å²) in [4.78, 5) is 19.0. The van der Waals surface area contributed by atoms with Gasteiger partial charge in [-0.1, -0.05) is 5.59 Å². The zero-order valence-corrected chi connectivity index (χ0v) is 7.11. The molecule has 13 heavy (non-hydrogen) atoms. The van der Waals surface area contributed by atoms with Crippen molar-refractivity contribution in [2.45, 2.75) is 0 Å². The van der Waals surface area contributed by atoms with Crippen molar-refractivity contribution >= 4 is 22.4 Å². The van der Waals surface area contributed by atoms with E-state index in [0.29, 0.717) is 5.13 Å². The van der Waals surface area contributed by atoms with Crippen molar-refractivity contribution < 1.29 is 14.7 Å². The Hall–Kier alpha value is -1.60. The number of anilines is 1. The third-order valence-electron chi connectivity index (χ3n) is 1.35. The van der Waals surface area contributed by atoms with Crippen LogP contribution in [0.4, 0.5) is 5.13 Å². The topological polar surface area (TPSA) is 74.7 Å². The summed E-state index contributed by atoms with van der Waals surface area (Å²) in [5.74, 6) is -1.04. The number of hydrazine groups is 1. The van der Waals surface area contributed by atoms with Gasteiger partial charge in [0.25, 0.3) is 0 Å². The molecular weight excluding hydrogens is 194 g/mol. The van der Waals surface area contributed by atoms with Gasteiger partial charge in [0.2, 0.25) is 5.13 Å². The molecule has 0 fully saturated rings. The first-order valence-corrected chi connectivity index (χ1v) is 4.21. The van der Waals surface area contributed by atoms with Crippen LogP contribution in [0.15, 0.2) is 17.8 Å². The molecule has 7 heteroatoms. The molecule has 1 aliphatic heterocycles. The second kappa shape index (κ2) is 3.04. The number of carboxylic acid groups (broad SMARTS) is 1. The Balaban J connectivity index is 2.22. The van der Waals surface area contributed by atoms with Gasteiger partial charge in [0.05, 0.1) is 6.20 Å². The van der Waals surface area contributed by atoms with E-state index < -0.39 is 5.97 Å². The summed E-state index contributed by atoms with van der Waals surface area (Å²) >= 11 is 1.22. The minimum absolute atomic E-state index is 0.0297. The lowest BCUT2D eigenvalue weighted by Crippen LogP contribution is -2.26. The minimum Gasteiger partial charge on any atom is -0.476 e. The molecule has 0 aromatic carbocycles. The summed E-state index contributed by atoms with van der Waals surface area (Å²) in [6.45, 7) is 0. The van der Waals surface area contributed by atoms with Gasteiger partial charge in [0.1, 0.15) is 6.26 Å². The molecule has 1 aliphatic rings. The Morgan fingerprint density at radius 2 is 2.62 bits per heavy atom. The van der Waals surface area contributed by atoms with Crippen LogP contribution in [-0.2, 0) is 4.84 Å². The van der Waals surface area contributed by atoms with Crippen LogP contribution in [0, 0.1) is 0 Å². The van der Waals surface area contributed by atoms with Crippen molar-refractivity contribution in [1.29, 1.82) is 0 Å². The molecule has 0 spiro atoms. The standard InChI is InChI=1S/C6H5N3O3S/c10-5(11)4-3-13-6(7-4)9-1-2-12-8-9/h1-3,8H,(H,10,11). The quantitative estimate of drug-likeness (QED) is 0.725. The van der Waals surface area contributed by atoms with E-state index in [2.05, 4.69) is 10.6 Å². The molecule has 6 nitrogen and oxygen atoms in total. The van der Waals surface area contributed by atoms with Gasteiger partial charge >= 0.3 is 5.97 Å². The van der Waals surface area contributed by atoms with Gasteiger partial charge in [0.15, 0.2) is 5.69 Å². The molecule has 68 valence electrons. The molecule has 0 saturated heterocycles. The lowest BCUT2D eigenvalue weighted by Gasteiger charge is -2.08. The van der Waals surface area contributed by atoms with Crippen molar-refractivity contribution in [2.75, 3.05) is 5.01 Å². The fourth-order valence-corrected chi connectivity index (χ4v) is 1.52. The second-order valence-corrected chi connectivity index (χ2v) is 3.02. The number of carboxylic acids is 1. The average molecular weight is 199 g/mol. The summed E-state index contributed by atoms with van der Waals surface area (Å²) in [5.41, 5.74) is 2.53. The molecule has 0 amide bonds. The van der Waals surface area contributed by atoms with Crippen LogP contribution in [0.1, 0.15) is 10.5 Å². The fourth-order valence-electron chi connectivity index (χ4n) is 0.785. The molecule has 2 N–H and O–H groups in total. The third kappa shape index (κ3) is 1.46. The monoisotopic (exact) mass is 199 g/mol. The highest BCUT2D eigenvalue weighted by molar-refractivity contribution is 7.13. The second-order valence-electron chi connectivity index (χ2n) is 2.18. The van der Waals surface area contributed by atoms with Gasteiger partial charge in [-0.15, -0.1) is 11.3 Å². The van der Waals surface area contributed by atoms with E-state index in [1.165, 1.54) is 28.0 Å². The zero-order chi connectivity index (χ0) is 9.26. The van der Waals surface area contributed by atoms with Crippen LogP contribution in [0.2, 0.25) is 0 Å². The molecule has 1 aromatic heterocycles. The number of nitrogens with one attached hydrogen (secondary N) is 1. The Labute approximate surface area is 77.0 Å². The Morgan fingerprint density at radius 3 is 3.15 bits per heavy atom. The molecule has 0 unspecified atom stereocenters. The average Bonchev–Trinajstić information content (AvgIpc) is 2.75. The molecule has 0 aliphatic carbocycles. The maximum absolute atomic E-state index is 10.5. The van der Waals surface area contributed by atoms with Gasteiger partial charge in [-0.3, -0.25) is 0 Å². The van der Waals surface area contributed by atoms with Gasteiger partial charge in [-0.2, -0.15) is 0 Å². The fraction of sp³-hybridized carbons (Fsp3) is 0. The van der Waals surface area contributed by atoms with E-state index in [1.807, 2.05) is 0 Å². The van der Waals surface area contributed by atoms with Gasteiger partial charge in [-0.05, 0) is 0 Å². The van der Waals surface area contributed by atoms with Crippen molar-refractivity contribution in [2.24, 2.45) is 0 Å². The predicted octanol–water partition coefficient (Wildman–Crippen LogP) is 0.569. The zero-order valence-electron chi connectivity index (χ0n) is 6.30. The van der Waals surface area contributed by atoms with Crippen molar-refractivity contribution in [3.05, 3.63) is 23.5 Å². The highest BCUT2D eigenvalue weighted by atomic mass is 32.1. The SMILES string of the molecule is O=C(O)c1csc(N2C=CON2)n1. The normalized spacial score (nSPS) is 14.6. The summed E-state index contributed by atoms with van der Waals surface area (Å²) in [7, 11) is 0. The maximum atomic E-state index is 10.5. The Bertz CT molecular complexity index is 362. The van der Waals surface area contributed by atoms with Gasteiger partial charge in [-0.25, -0.2) is 14.8 Å². The lowest BCUT2D eigenvalue weighted by atomic mass is 10.5. The number of aromatic nitrogens is 1. The smallest absolute Gasteiger partial charge is 0.355 e. The van der Waals surface area contributed by atoms with E-state index in [-0.39, 0.29) is 5.69 Å². The molecule has 2 rings (SSSR count). The largest absolute Gasteiger partial charge is 0.476 e. The number of nitrogens with zero attached hydrogens (tertiary/aromatic N) is 2. The summed E-state index contributed by atoms with van der Waals surface area (Å²) in [5, 5.41) is 12.1. The third-order valence-corrected chi connectivity index (χ3v) is 2.19. The minimum atomic E-state index is -1.04. The summed E-state index contributed by atoms with van der Waals surface area (Å²) < 4.78 is 0. The molecule has 0 atom stereocenters. The van der Waals surface area contributed by atoms with Gasteiger partial charge in [0, 0.05) is 5.38 Å². The van der Waals surface area contributed by atoms with Crippen LogP contribution in [0.3, 0.4) is 0 Å². The molecule has 0 radical (unpaired) electrons. The first-order chi connectivity index (χ1) is 6.27. The highest BCUT2D eigenvalue weighted by Crippen LogP contribution is 2.20. The number of rotatable bonds is 2. The molecule has 1 aromatic rings. The first kappa shape index (κ1) is 8.02. The van der Waals surface area contributed by atoms with Crippen molar-refractivity contribution in [1.82, 2.24) is 10.6 Å². The van der Waals surface area contributed by atoms with E-state index in [4.69, 9.17) is 9.94 Å². The number of hydrogen-bond acceptors (Lipinski definition) is 6. The van der Waals surface area contributed by atoms with E-state index in [0.717, 1.165) is 0 Å². The maximum Gasteiger partial charge on any atom is 0.355 e. The molecule has 2 heterocycles. The number of hydrogen-bond donors (Lipinski definition) is 2. The number of thiazole rings is 1. The highest BCUT2D eigenvalue weighted by Gasteiger charge is 2.14. The van der Waals surface area contributed by atoms with Crippen LogP contribution in [-0.4, -0.2) is 16.1 Å². The van der Waals surface area contributed by atoms with Crippen molar-refractivity contribution in [3.8, 4) is 0 Å². The van der Waals surface area contributed by atoms with Gasteiger partial charge < -0.3 is 9.94 Å². The molecule has 0 saturated carbocycles. The number of aromatic carboxylic acids is 1. The Morgan fingerprint density at radius 1 is 1.77 bits per heavy atom. The van der Waals surface area contributed by atoms with E-state index >= 15 is 0 Å². The summed E-state index contributed by atoms with van der Waals surface area (Å²) in [6.07, 6.45) is 3.03. The molecular formula is C6H5N3O3S. The molecule has 0 bridgehead atoms. The first-order valence-electron chi connectivity index (χ1n) is 3.33. The lowest BCUT2D eigenvalue weighted by molar-refractivity contribution is 0.0691. The summed E-state index contributed by atoms with van der Waals surface area (Å²) in [6, 6.07) is 0. The number of carbonyl (C=O) groups is 1.